The topological polar surface area (TPSA) is 64.7 Å². The largest absolute Gasteiger partial charge is 0.371 e. The number of nitrogens with one attached hydrogen (secondary N) is 2. The normalized spacial score (nSPS) is 16.3. The average Bonchev–Trinajstić information content (AvgIpc) is 3.34. The van der Waals surface area contributed by atoms with Crippen molar-refractivity contribution in [1.29, 1.82) is 0 Å². The van der Waals surface area contributed by atoms with E-state index in [0.29, 0.717) is 11.3 Å². The summed E-state index contributed by atoms with van der Waals surface area (Å²) in [7, 11) is 0. The van der Waals surface area contributed by atoms with E-state index in [4.69, 9.17) is 0 Å². The first kappa shape index (κ1) is 21.2. The molecule has 3 amide bonds. The maximum Gasteiger partial charge on any atom is 0.323 e. The molecule has 31 heavy (non-hydrogen) atoms. The minimum absolute atomic E-state index is 0.0702. The van der Waals surface area contributed by atoms with Crippen LogP contribution in [0.4, 0.5) is 21.9 Å². The van der Waals surface area contributed by atoms with Crippen LogP contribution in [0.2, 0.25) is 0 Å². The lowest BCUT2D eigenvalue weighted by atomic mass is 10.1. The molecular formula is C25H32N4O2. The highest BCUT2D eigenvalue weighted by atomic mass is 16.2. The van der Waals surface area contributed by atoms with Crippen molar-refractivity contribution in [3.05, 3.63) is 53.6 Å². The molecule has 2 aromatic rings. The van der Waals surface area contributed by atoms with Gasteiger partial charge in [-0.05, 0) is 74.4 Å². The number of nitrogens with zero attached hydrogens (tertiary/aromatic N) is 2. The van der Waals surface area contributed by atoms with Gasteiger partial charge in [-0.2, -0.15) is 0 Å². The Morgan fingerprint density at radius 3 is 2.10 bits per heavy atom. The molecule has 6 heteroatoms. The van der Waals surface area contributed by atoms with E-state index in [1.165, 1.54) is 12.0 Å². The smallest absolute Gasteiger partial charge is 0.323 e. The van der Waals surface area contributed by atoms with Gasteiger partial charge in [0, 0.05) is 43.2 Å². The Morgan fingerprint density at radius 2 is 1.42 bits per heavy atom. The minimum Gasteiger partial charge on any atom is -0.371 e. The molecule has 0 unspecified atom stereocenters. The molecule has 2 saturated heterocycles. The van der Waals surface area contributed by atoms with Crippen LogP contribution in [0.25, 0.3) is 0 Å². The van der Waals surface area contributed by atoms with Gasteiger partial charge >= 0.3 is 6.03 Å². The van der Waals surface area contributed by atoms with Crippen molar-refractivity contribution in [2.24, 2.45) is 0 Å². The Kier molecular flexibility index (Phi) is 6.75. The number of anilines is 3. The van der Waals surface area contributed by atoms with Crippen LogP contribution in [0.5, 0.6) is 0 Å². The Labute approximate surface area is 184 Å². The molecule has 0 aromatic heterocycles. The first-order valence-corrected chi connectivity index (χ1v) is 11.5. The van der Waals surface area contributed by atoms with Crippen LogP contribution in [0, 0.1) is 0 Å². The maximum absolute atomic E-state index is 13.3. The fourth-order valence-corrected chi connectivity index (χ4v) is 4.40. The quantitative estimate of drug-likeness (QED) is 0.706. The first-order chi connectivity index (χ1) is 15.1. The second-order valence-corrected chi connectivity index (χ2v) is 8.41. The van der Waals surface area contributed by atoms with E-state index in [1.807, 2.05) is 47.4 Å². The lowest BCUT2D eigenvalue weighted by molar-refractivity contribution is 0.0725. The van der Waals surface area contributed by atoms with Gasteiger partial charge in [0.1, 0.15) is 0 Å². The summed E-state index contributed by atoms with van der Waals surface area (Å²) >= 11 is 0. The molecule has 0 spiro atoms. The molecule has 0 radical (unpaired) electrons. The summed E-state index contributed by atoms with van der Waals surface area (Å²) in [5, 5.41) is 5.76. The molecule has 2 aromatic carbocycles. The third-order valence-electron chi connectivity index (χ3n) is 6.19. The molecule has 0 bridgehead atoms. The standard InChI is InChI=1S/C25H32N4O2/c1-2-19-8-10-20(11-9-19)26-25(31)27-21-12-13-23(28-14-6-7-15-28)22(18-21)24(30)29-16-4-3-5-17-29/h8-13,18H,2-7,14-17H2,1H3,(H2,26,27,31). The lowest BCUT2D eigenvalue weighted by Gasteiger charge is -2.29. The number of hydrogen-bond donors (Lipinski definition) is 2. The van der Waals surface area contributed by atoms with Gasteiger partial charge < -0.3 is 20.4 Å². The first-order valence-electron chi connectivity index (χ1n) is 11.5. The van der Waals surface area contributed by atoms with Gasteiger partial charge in [-0.3, -0.25) is 4.79 Å². The predicted octanol–water partition coefficient (Wildman–Crippen LogP) is 5.12. The Bertz CT molecular complexity index is 914. The van der Waals surface area contributed by atoms with E-state index in [2.05, 4.69) is 22.5 Å². The van der Waals surface area contributed by atoms with E-state index in [1.54, 1.807) is 0 Å². The van der Waals surface area contributed by atoms with Crippen molar-refractivity contribution < 1.29 is 9.59 Å². The van der Waals surface area contributed by atoms with Gasteiger partial charge in [-0.25, -0.2) is 4.79 Å². The molecule has 6 nitrogen and oxygen atoms in total. The highest BCUT2D eigenvalue weighted by molar-refractivity contribution is 6.04. The van der Waals surface area contributed by atoms with E-state index in [-0.39, 0.29) is 11.9 Å². The molecule has 2 aliphatic rings. The molecule has 0 saturated carbocycles. The number of amides is 3. The number of benzene rings is 2. The summed E-state index contributed by atoms with van der Waals surface area (Å²) in [5.41, 5.74) is 4.27. The van der Waals surface area contributed by atoms with Crippen LogP contribution >= 0.6 is 0 Å². The van der Waals surface area contributed by atoms with Crippen molar-refractivity contribution >= 4 is 29.0 Å². The van der Waals surface area contributed by atoms with E-state index in [9.17, 15) is 9.59 Å². The highest BCUT2D eigenvalue weighted by Crippen LogP contribution is 2.29. The fraction of sp³-hybridized carbons (Fsp3) is 0.440. The van der Waals surface area contributed by atoms with Gasteiger partial charge in [0.2, 0.25) is 0 Å². The number of likely N-dealkylation sites (tertiary alicyclic amines) is 1. The van der Waals surface area contributed by atoms with E-state index < -0.39 is 0 Å². The summed E-state index contributed by atoms with van der Waals surface area (Å²) < 4.78 is 0. The van der Waals surface area contributed by atoms with Crippen LogP contribution in [0.3, 0.4) is 0 Å². The van der Waals surface area contributed by atoms with Gasteiger partial charge in [-0.1, -0.05) is 19.1 Å². The second-order valence-electron chi connectivity index (χ2n) is 8.41. The number of hydrogen-bond acceptors (Lipinski definition) is 3. The highest BCUT2D eigenvalue weighted by Gasteiger charge is 2.25. The summed E-state index contributed by atoms with van der Waals surface area (Å²) in [5.74, 6) is 0.0702. The summed E-state index contributed by atoms with van der Waals surface area (Å²) in [6.07, 6.45) is 6.56. The Morgan fingerprint density at radius 1 is 0.806 bits per heavy atom. The molecule has 2 heterocycles. The molecule has 2 aliphatic heterocycles. The van der Waals surface area contributed by atoms with Crippen molar-refractivity contribution in [2.45, 2.75) is 45.4 Å². The Hall–Kier alpha value is -3.02. The summed E-state index contributed by atoms with van der Waals surface area (Å²) in [4.78, 5) is 30.1. The van der Waals surface area contributed by atoms with Gasteiger partial charge in [0.05, 0.1) is 5.56 Å². The number of carbonyl (C=O) groups is 2. The molecule has 4 rings (SSSR count). The third-order valence-corrected chi connectivity index (χ3v) is 6.19. The van der Waals surface area contributed by atoms with Crippen LogP contribution in [-0.4, -0.2) is 43.0 Å². The molecule has 0 atom stereocenters. The van der Waals surface area contributed by atoms with Gasteiger partial charge in [-0.15, -0.1) is 0 Å². The predicted molar refractivity (Wildman–Crippen MR) is 126 cm³/mol. The lowest BCUT2D eigenvalue weighted by Crippen LogP contribution is -2.36. The molecule has 2 fully saturated rings. The number of piperidine rings is 1. The monoisotopic (exact) mass is 420 g/mol. The van der Waals surface area contributed by atoms with E-state index >= 15 is 0 Å². The average molecular weight is 421 g/mol. The molecule has 2 N–H and O–H groups in total. The molecular weight excluding hydrogens is 388 g/mol. The molecule has 0 aliphatic carbocycles. The number of rotatable bonds is 5. The zero-order valence-electron chi connectivity index (χ0n) is 18.3. The van der Waals surface area contributed by atoms with Crippen LogP contribution in [0.1, 0.15) is 54.9 Å². The van der Waals surface area contributed by atoms with Crippen molar-refractivity contribution in [3.63, 3.8) is 0 Å². The third kappa shape index (κ3) is 5.19. The minimum atomic E-state index is -0.311. The SMILES string of the molecule is CCc1ccc(NC(=O)Nc2ccc(N3CCCC3)c(C(=O)N3CCCCC3)c2)cc1. The molecule has 164 valence electrons. The van der Waals surface area contributed by atoms with Crippen molar-refractivity contribution in [3.8, 4) is 0 Å². The number of urea groups is 1. The van der Waals surface area contributed by atoms with E-state index in [0.717, 1.165) is 69.7 Å². The van der Waals surface area contributed by atoms with Crippen LogP contribution < -0.4 is 15.5 Å². The van der Waals surface area contributed by atoms with Crippen LogP contribution in [0.15, 0.2) is 42.5 Å². The number of carbonyl (C=O) groups excluding carboxylic acids is 2. The summed E-state index contributed by atoms with van der Waals surface area (Å²) in [6, 6.07) is 13.2. The fourth-order valence-electron chi connectivity index (χ4n) is 4.40. The summed E-state index contributed by atoms with van der Waals surface area (Å²) in [6.45, 7) is 5.67. The van der Waals surface area contributed by atoms with Crippen molar-refractivity contribution in [2.75, 3.05) is 41.7 Å². The van der Waals surface area contributed by atoms with Gasteiger partial charge in [0.25, 0.3) is 5.91 Å². The van der Waals surface area contributed by atoms with Crippen molar-refractivity contribution in [1.82, 2.24) is 4.90 Å². The van der Waals surface area contributed by atoms with Crippen LogP contribution in [-0.2, 0) is 6.42 Å². The Balaban J connectivity index is 1.51. The zero-order valence-corrected chi connectivity index (χ0v) is 18.3. The number of aryl methyl sites for hydroxylation is 1. The maximum atomic E-state index is 13.3. The van der Waals surface area contributed by atoms with Gasteiger partial charge in [0.15, 0.2) is 0 Å². The second kappa shape index (κ2) is 9.86. The zero-order chi connectivity index (χ0) is 21.6.